The Morgan fingerprint density at radius 3 is 2.94 bits per heavy atom. The molecule has 0 aliphatic carbocycles. The molecule has 1 aliphatic heterocycles. The second-order valence-electron chi connectivity index (χ2n) is 4.07. The molecule has 3 rings (SSSR count). The lowest BCUT2D eigenvalue weighted by Gasteiger charge is -2.26. The normalized spacial score (nSPS) is 18.1. The third kappa shape index (κ3) is 1.43. The van der Waals surface area contributed by atoms with E-state index in [0.717, 1.165) is 5.39 Å². The number of nitrogens with two attached hydrogens (primary N) is 1. The van der Waals surface area contributed by atoms with Gasteiger partial charge in [0.05, 0.1) is 12.1 Å². The van der Waals surface area contributed by atoms with Gasteiger partial charge in [0.1, 0.15) is 6.10 Å². The Bertz CT molecular complexity index is 651. The second-order valence-corrected chi connectivity index (χ2v) is 4.07. The molecule has 2 aromatic rings. The van der Waals surface area contributed by atoms with E-state index < -0.39 is 5.82 Å². The molecule has 1 unspecified atom stereocenters. The van der Waals surface area contributed by atoms with Crippen molar-refractivity contribution in [3.63, 3.8) is 0 Å². The summed E-state index contributed by atoms with van der Waals surface area (Å²) in [6.45, 7) is 0.611. The first-order chi connectivity index (χ1) is 8.20. The SMILES string of the molecule is NCC1Cn2c(=O)ccc3ccc(F)c(c32)O1. The first-order valence-corrected chi connectivity index (χ1v) is 5.39. The van der Waals surface area contributed by atoms with Gasteiger partial charge in [-0.2, -0.15) is 0 Å². The van der Waals surface area contributed by atoms with Gasteiger partial charge in [-0.25, -0.2) is 4.39 Å². The lowest BCUT2D eigenvalue weighted by Crippen LogP contribution is -2.38. The summed E-state index contributed by atoms with van der Waals surface area (Å²) in [7, 11) is 0. The van der Waals surface area contributed by atoms with E-state index in [-0.39, 0.29) is 24.0 Å². The Kier molecular flexibility index (Phi) is 2.16. The molecule has 88 valence electrons. The molecule has 2 heterocycles. The molecule has 0 bridgehead atoms. The monoisotopic (exact) mass is 234 g/mol. The zero-order valence-corrected chi connectivity index (χ0v) is 9.02. The number of pyridine rings is 1. The molecule has 2 N–H and O–H groups in total. The van der Waals surface area contributed by atoms with Crippen LogP contribution in [0.2, 0.25) is 0 Å². The minimum absolute atomic E-state index is 0.127. The average molecular weight is 234 g/mol. The fraction of sp³-hybridized carbons (Fsp3) is 0.250. The molecule has 0 amide bonds. The maximum absolute atomic E-state index is 13.7. The quantitative estimate of drug-likeness (QED) is 0.796. The lowest BCUT2D eigenvalue weighted by molar-refractivity contribution is 0.169. The molecule has 17 heavy (non-hydrogen) atoms. The van der Waals surface area contributed by atoms with Crippen LogP contribution in [0.15, 0.2) is 29.1 Å². The minimum Gasteiger partial charge on any atom is -0.482 e. The van der Waals surface area contributed by atoms with Gasteiger partial charge in [-0.1, -0.05) is 0 Å². The Labute approximate surface area is 96.4 Å². The summed E-state index contributed by atoms with van der Waals surface area (Å²) in [6.07, 6.45) is -0.359. The number of ether oxygens (including phenoxy) is 1. The maximum Gasteiger partial charge on any atom is 0.251 e. The van der Waals surface area contributed by atoms with Crippen LogP contribution in [0.3, 0.4) is 0 Å². The van der Waals surface area contributed by atoms with Crippen LogP contribution in [-0.4, -0.2) is 17.2 Å². The van der Waals surface area contributed by atoms with E-state index in [1.165, 1.54) is 16.7 Å². The van der Waals surface area contributed by atoms with Gasteiger partial charge in [-0.3, -0.25) is 4.79 Å². The number of benzene rings is 1. The largest absolute Gasteiger partial charge is 0.482 e. The van der Waals surface area contributed by atoms with Crippen LogP contribution in [0, 0.1) is 5.82 Å². The highest BCUT2D eigenvalue weighted by Crippen LogP contribution is 2.31. The highest BCUT2D eigenvalue weighted by Gasteiger charge is 2.24. The van der Waals surface area contributed by atoms with Crippen LogP contribution in [0.25, 0.3) is 10.9 Å². The van der Waals surface area contributed by atoms with Gasteiger partial charge >= 0.3 is 0 Å². The van der Waals surface area contributed by atoms with E-state index in [0.29, 0.717) is 12.1 Å². The Balaban J connectivity index is 2.40. The molecule has 0 spiro atoms. The summed E-state index contributed by atoms with van der Waals surface area (Å²) in [6, 6.07) is 6.12. The molecule has 4 nitrogen and oxygen atoms in total. The van der Waals surface area contributed by atoms with Crippen molar-refractivity contribution in [2.75, 3.05) is 6.54 Å². The van der Waals surface area contributed by atoms with Crippen LogP contribution in [0.5, 0.6) is 5.75 Å². The van der Waals surface area contributed by atoms with E-state index in [1.807, 2.05) is 0 Å². The highest BCUT2D eigenvalue weighted by molar-refractivity contribution is 5.85. The lowest BCUT2D eigenvalue weighted by atomic mass is 10.1. The minimum atomic E-state index is -0.463. The maximum atomic E-state index is 13.7. The summed E-state index contributed by atoms with van der Waals surface area (Å²) >= 11 is 0. The average Bonchev–Trinajstić information content (AvgIpc) is 2.36. The van der Waals surface area contributed by atoms with E-state index in [9.17, 15) is 9.18 Å². The zero-order chi connectivity index (χ0) is 12.0. The van der Waals surface area contributed by atoms with Crippen molar-refractivity contribution in [2.45, 2.75) is 12.6 Å². The zero-order valence-electron chi connectivity index (χ0n) is 9.02. The first-order valence-electron chi connectivity index (χ1n) is 5.39. The van der Waals surface area contributed by atoms with Crippen molar-refractivity contribution in [1.29, 1.82) is 0 Å². The molecule has 0 fully saturated rings. The summed E-state index contributed by atoms with van der Waals surface area (Å²) in [5.74, 6) is -0.336. The van der Waals surface area contributed by atoms with E-state index >= 15 is 0 Å². The second kappa shape index (κ2) is 3.56. The van der Waals surface area contributed by atoms with Crippen LogP contribution >= 0.6 is 0 Å². The topological polar surface area (TPSA) is 57.2 Å². The fourth-order valence-corrected chi connectivity index (χ4v) is 2.16. The number of halogens is 1. The number of aromatic nitrogens is 1. The first kappa shape index (κ1) is 10.3. The van der Waals surface area contributed by atoms with E-state index in [1.54, 1.807) is 12.1 Å². The van der Waals surface area contributed by atoms with E-state index in [4.69, 9.17) is 10.5 Å². The third-order valence-electron chi connectivity index (χ3n) is 2.99. The Morgan fingerprint density at radius 2 is 2.18 bits per heavy atom. The van der Waals surface area contributed by atoms with Gasteiger partial charge in [0, 0.05) is 18.0 Å². The van der Waals surface area contributed by atoms with Crippen molar-refractivity contribution in [2.24, 2.45) is 5.73 Å². The van der Waals surface area contributed by atoms with Crippen molar-refractivity contribution < 1.29 is 9.13 Å². The van der Waals surface area contributed by atoms with Crippen molar-refractivity contribution in [3.05, 3.63) is 40.4 Å². The molecule has 0 radical (unpaired) electrons. The Morgan fingerprint density at radius 1 is 1.41 bits per heavy atom. The van der Waals surface area contributed by atoms with E-state index in [2.05, 4.69) is 0 Å². The van der Waals surface area contributed by atoms with Crippen molar-refractivity contribution >= 4 is 10.9 Å². The number of hydrogen-bond donors (Lipinski definition) is 1. The number of rotatable bonds is 1. The molecular weight excluding hydrogens is 223 g/mol. The summed E-state index contributed by atoms with van der Waals surface area (Å²) in [4.78, 5) is 11.8. The Hall–Kier alpha value is -1.88. The van der Waals surface area contributed by atoms with Gasteiger partial charge in [0.25, 0.3) is 5.56 Å². The molecule has 1 atom stereocenters. The van der Waals surface area contributed by atoms with Crippen LogP contribution < -0.4 is 16.0 Å². The summed E-state index contributed by atoms with van der Waals surface area (Å²) < 4.78 is 20.7. The molecule has 0 saturated heterocycles. The smallest absolute Gasteiger partial charge is 0.251 e. The third-order valence-corrected chi connectivity index (χ3v) is 2.99. The number of hydrogen-bond acceptors (Lipinski definition) is 3. The van der Waals surface area contributed by atoms with Gasteiger partial charge < -0.3 is 15.0 Å². The fourth-order valence-electron chi connectivity index (χ4n) is 2.16. The highest BCUT2D eigenvalue weighted by atomic mass is 19.1. The summed E-state index contributed by atoms with van der Waals surface area (Å²) in [5, 5.41) is 0.788. The number of nitrogens with zero attached hydrogens (tertiary/aromatic N) is 1. The van der Waals surface area contributed by atoms with Gasteiger partial charge in [0.2, 0.25) is 0 Å². The van der Waals surface area contributed by atoms with Crippen molar-refractivity contribution in [3.8, 4) is 5.75 Å². The van der Waals surface area contributed by atoms with Crippen molar-refractivity contribution in [1.82, 2.24) is 4.57 Å². The molecule has 1 aromatic heterocycles. The van der Waals surface area contributed by atoms with Crippen LogP contribution in [0.4, 0.5) is 4.39 Å². The van der Waals surface area contributed by atoms with Crippen LogP contribution in [0.1, 0.15) is 0 Å². The molecule has 1 aromatic carbocycles. The summed E-state index contributed by atoms with van der Waals surface area (Å²) in [5.41, 5.74) is 5.88. The van der Waals surface area contributed by atoms with Crippen LogP contribution in [-0.2, 0) is 6.54 Å². The molecule has 1 aliphatic rings. The van der Waals surface area contributed by atoms with Gasteiger partial charge in [-0.05, 0) is 18.2 Å². The predicted molar refractivity (Wildman–Crippen MR) is 61.6 cm³/mol. The molecule has 5 heteroatoms. The van der Waals surface area contributed by atoms with Gasteiger partial charge in [0.15, 0.2) is 11.6 Å². The standard InChI is InChI=1S/C12H11FN2O2/c13-9-3-1-7-2-4-10(16)15-6-8(5-14)17-12(9)11(7)15/h1-4,8H,5-6,14H2. The van der Waals surface area contributed by atoms with Gasteiger partial charge in [-0.15, -0.1) is 0 Å². The molecule has 0 saturated carbocycles. The molecular formula is C12H11FN2O2. The predicted octanol–water partition coefficient (Wildman–Crippen LogP) is 0.860.